The van der Waals surface area contributed by atoms with Gasteiger partial charge in [0.25, 0.3) is 0 Å². The monoisotopic (exact) mass is 242 g/mol. The average molecular weight is 242 g/mol. The summed E-state index contributed by atoms with van der Waals surface area (Å²) in [6.07, 6.45) is 3.82. The predicted octanol–water partition coefficient (Wildman–Crippen LogP) is 0.795. The fourth-order valence-corrected chi connectivity index (χ4v) is 1.70. The molecule has 0 spiro atoms. The van der Waals surface area contributed by atoms with Crippen LogP contribution in [0.15, 0.2) is 12.3 Å². The molecular formula is C11H18N2O4. The summed E-state index contributed by atoms with van der Waals surface area (Å²) in [5.74, 6) is -0.971. The van der Waals surface area contributed by atoms with Crippen molar-refractivity contribution < 1.29 is 19.4 Å². The van der Waals surface area contributed by atoms with Crippen LogP contribution in [0.25, 0.3) is 0 Å². The molecule has 6 heteroatoms. The van der Waals surface area contributed by atoms with Gasteiger partial charge in [-0.1, -0.05) is 0 Å². The third-order valence-electron chi connectivity index (χ3n) is 2.58. The fourth-order valence-electron chi connectivity index (χ4n) is 1.70. The normalized spacial score (nSPS) is 17.1. The largest absolute Gasteiger partial charge is 0.478 e. The zero-order chi connectivity index (χ0) is 12.7. The third kappa shape index (κ3) is 4.76. The number of likely N-dealkylation sites (tertiary alicyclic amines) is 1. The number of ether oxygens (including phenoxy) is 1. The van der Waals surface area contributed by atoms with Gasteiger partial charge in [-0.2, -0.15) is 0 Å². The maximum atomic E-state index is 11.4. The number of nitrogens with one attached hydrogen (secondary N) is 1. The minimum absolute atomic E-state index is 0.219. The zero-order valence-corrected chi connectivity index (χ0v) is 9.89. The van der Waals surface area contributed by atoms with E-state index in [1.165, 1.54) is 6.20 Å². The molecule has 1 rings (SSSR count). The van der Waals surface area contributed by atoms with E-state index in [0.717, 1.165) is 18.9 Å². The van der Waals surface area contributed by atoms with E-state index in [0.29, 0.717) is 19.7 Å². The molecule has 0 bridgehead atoms. The van der Waals surface area contributed by atoms with Gasteiger partial charge in [0.15, 0.2) is 0 Å². The van der Waals surface area contributed by atoms with E-state index < -0.39 is 5.97 Å². The molecule has 96 valence electrons. The molecule has 0 aromatic heterocycles. The molecular weight excluding hydrogens is 224 g/mol. The van der Waals surface area contributed by atoms with Gasteiger partial charge in [-0.3, -0.25) is 0 Å². The number of piperidine rings is 1. The molecule has 0 aromatic carbocycles. The van der Waals surface area contributed by atoms with Crippen molar-refractivity contribution in [1.82, 2.24) is 10.2 Å². The van der Waals surface area contributed by atoms with Gasteiger partial charge in [-0.15, -0.1) is 0 Å². The van der Waals surface area contributed by atoms with Gasteiger partial charge < -0.3 is 20.1 Å². The number of nitrogens with zero attached hydrogens (tertiary/aromatic N) is 1. The molecule has 1 aliphatic rings. The molecule has 0 unspecified atom stereocenters. The zero-order valence-electron chi connectivity index (χ0n) is 9.89. The molecule has 0 atom stereocenters. The number of hydrogen-bond donors (Lipinski definition) is 2. The Morgan fingerprint density at radius 3 is 2.65 bits per heavy atom. The summed E-state index contributed by atoms with van der Waals surface area (Å²) in [6, 6.07) is 0.219. The molecule has 0 saturated carbocycles. The summed E-state index contributed by atoms with van der Waals surface area (Å²) in [5, 5.41) is 11.4. The minimum Gasteiger partial charge on any atom is -0.478 e. The second kappa shape index (κ2) is 6.78. The maximum Gasteiger partial charge on any atom is 0.409 e. The Morgan fingerprint density at radius 2 is 2.12 bits per heavy atom. The Labute approximate surface area is 100 Å². The van der Waals surface area contributed by atoms with Gasteiger partial charge in [0.2, 0.25) is 0 Å². The first kappa shape index (κ1) is 13.3. The Kier molecular flexibility index (Phi) is 5.32. The quantitative estimate of drug-likeness (QED) is 0.713. The van der Waals surface area contributed by atoms with E-state index in [1.807, 2.05) is 0 Å². The molecule has 0 aromatic rings. The van der Waals surface area contributed by atoms with Crippen molar-refractivity contribution in [2.45, 2.75) is 25.8 Å². The van der Waals surface area contributed by atoms with Gasteiger partial charge in [0.05, 0.1) is 6.61 Å². The highest BCUT2D eigenvalue weighted by molar-refractivity contribution is 5.79. The van der Waals surface area contributed by atoms with Crippen molar-refractivity contribution in [3.05, 3.63) is 12.3 Å². The van der Waals surface area contributed by atoms with Crippen LogP contribution in [0.5, 0.6) is 0 Å². The molecule has 1 amide bonds. The molecule has 1 heterocycles. The van der Waals surface area contributed by atoms with E-state index in [2.05, 4.69) is 5.32 Å². The molecule has 1 saturated heterocycles. The van der Waals surface area contributed by atoms with E-state index in [4.69, 9.17) is 9.84 Å². The summed E-state index contributed by atoms with van der Waals surface area (Å²) >= 11 is 0. The first-order chi connectivity index (χ1) is 8.13. The van der Waals surface area contributed by atoms with Crippen molar-refractivity contribution in [2.24, 2.45) is 0 Å². The molecule has 6 nitrogen and oxygen atoms in total. The second-order valence-corrected chi connectivity index (χ2v) is 3.80. The van der Waals surface area contributed by atoms with Crippen LogP contribution in [0.1, 0.15) is 19.8 Å². The lowest BCUT2D eigenvalue weighted by molar-refractivity contribution is -0.131. The van der Waals surface area contributed by atoms with Crippen molar-refractivity contribution in [1.29, 1.82) is 0 Å². The number of rotatable bonds is 4. The predicted molar refractivity (Wildman–Crippen MR) is 61.5 cm³/mol. The number of aliphatic carboxylic acids is 1. The van der Waals surface area contributed by atoms with Gasteiger partial charge in [-0.25, -0.2) is 9.59 Å². The maximum absolute atomic E-state index is 11.4. The second-order valence-electron chi connectivity index (χ2n) is 3.80. The highest BCUT2D eigenvalue weighted by Gasteiger charge is 2.22. The fraction of sp³-hybridized carbons (Fsp3) is 0.636. The molecule has 0 radical (unpaired) electrons. The molecule has 17 heavy (non-hydrogen) atoms. The first-order valence-corrected chi connectivity index (χ1v) is 5.70. The average Bonchev–Trinajstić information content (AvgIpc) is 2.30. The van der Waals surface area contributed by atoms with Crippen LogP contribution in [-0.2, 0) is 9.53 Å². The number of carbonyl (C=O) groups is 2. The summed E-state index contributed by atoms with van der Waals surface area (Å²) in [4.78, 5) is 23.3. The van der Waals surface area contributed by atoms with Crippen molar-refractivity contribution in [3.8, 4) is 0 Å². The summed E-state index contributed by atoms with van der Waals surface area (Å²) < 4.78 is 4.90. The SMILES string of the molecule is CCOC(=O)N1CCC(N/C=C/C(=O)O)CC1. The molecule has 2 N–H and O–H groups in total. The van der Waals surface area contributed by atoms with Crippen molar-refractivity contribution >= 4 is 12.1 Å². The highest BCUT2D eigenvalue weighted by Crippen LogP contribution is 2.11. The van der Waals surface area contributed by atoms with Gasteiger partial charge >= 0.3 is 12.1 Å². The van der Waals surface area contributed by atoms with E-state index in [9.17, 15) is 9.59 Å². The van der Waals surface area contributed by atoms with Crippen LogP contribution in [0.4, 0.5) is 4.79 Å². The summed E-state index contributed by atoms with van der Waals surface area (Å²) in [5.41, 5.74) is 0. The van der Waals surface area contributed by atoms with Crippen LogP contribution in [-0.4, -0.2) is 47.8 Å². The van der Waals surface area contributed by atoms with Crippen molar-refractivity contribution in [3.63, 3.8) is 0 Å². The number of carbonyl (C=O) groups excluding carboxylic acids is 1. The number of carboxylic acid groups (broad SMARTS) is 1. The third-order valence-corrected chi connectivity index (χ3v) is 2.58. The van der Waals surface area contributed by atoms with Crippen LogP contribution >= 0.6 is 0 Å². The van der Waals surface area contributed by atoms with Gasteiger partial charge in [-0.05, 0) is 19.8 Å². The van der Waals surface area contributed by atoms with E-state index in [-0.39, 0.29) is 12.1 Å². The molecule has 1 fully saturated rings. The Hall–Kier alpha value is -1.72. The number of amides is 1. The topological polar surface area (TPSA) is 78.9 Å². The van der Waals surface area contributed by atoms with Crippen molar-refractivity contribution in [2.75, 3.05) is 19.7 Å². The Morgan fingerprint density at radius 1 is 1.47 bits per heavy atom. The molecule has 0 aliphatic carbocycles. The summed E-state index contributed by atoms with van der Waals surface area (Å²) in [6.45, 7) is 3.44. The lowest BCUT2D eigenvalue weighted by atomic mass is 10.1. The van der Waals surface area contributed by atoms with Crippen LogP contribution in [0.3, 0.4) is 0 Å². The van der Waals surface area contributed by atoms with Gasteiger partial charge in [0.1, 0.15) is 0 Å². The smallest absolute Gasteiger partial charge is 0.409 e. The van der Waals surface area contributed by atoms with Crippen LogP contribution < -0.4 is 5.32 Å². The standard InChI is InChI=1S/C11H18N2O4/c1-2-17-11(16)13-7-4-9(5-8-13)12-6-3-10(14)15/h3,6,9,12H,2,4-5,7-8H2,1H3,(H,14,15)/b6-3+. The van der Waals surface area contributed by atoms with E-state index in [1.54, 1.807) is 11.8 Å². The molecule has 1 aliphatic heterocycles. The lowest BCUT2D eigenvalue weighted by Gasteiger charge is -2.31. The first-order valence-electron chi connectivity index (χ1n) is 5.70. The lowest BCUT2D eigenvalue weighted by Crippen LogP contribution is -2.43. The minimum atomic E-state index is -0.971. The van der Waals surface area contributed by atoms with Crippen LogP contribution in [0.2, 0.25) is 0 Å². The number of carboxylic acids is 1. The Balaban J connectivity index is 2.26. The van der Waals surface area contributed by atoms with Crippen LogP contribution in [0, 0.1) is 0 Å². The summed E-state index contributed by atoms with van der Waals surface area (Å²) in [7, 11) is 0. The number of hydrogen-bond acceptors (Lipinski definition) is 4. The highest BCUT2D eigenvalue weighted by atomic mass is 16.6. The van der Waals surface area contributed by atoms with Gasteiger partial charge in [0, 0.05) is 31.4 Å². The Bertz CT molecular complexity index is 296. The van der Waals surface area contributed by atoms with E-state index >= 15 is 0 Å².